The van der Waals surface area contributed by atoms with Crippen LogP contribution >= 0.6 is 0 Å². The van der Waals surface area contributed by atoms with E-state index >= 15 is 0 Å². The molecule has 0 amide bonds. The third-order valence-corrected chi connectivity index (χ3v) is 3.26. The molecule has 1 radical (unpaired) electrons. The molecule has 0 bridgehead atoms. The fraction of sp³-hybridized carbons (Fsp3) is 1.00. The van der Waals surface area contributed by atoms with Crippen LogP contribution in [0.25, 0.3) is 0 Å². The van der Waals surface area contributed by atoms with Crippen molar-refractivity contribution in [2.24, 2.45) is 0 Å². The predicted molar refractivity (Wildman–Crippen MR) is 54.8 cm³/mol. The highest BCUT2D eigenvalue weighted by Gasteiger charge is 2.44. The van der Waals surface area contributed by atoms with E-state index in [1.165, 1.54) is 18.9 Å². The third-order valence-electron chi connectivity index (χ3n) is 1.32. The van der Waals surface area contributed by atoms with E-state index in [0.717, 1.165) is 0 Å². The van der Waals surface area contributed by atoms with Gasteiger partial charge in [0.15, 0.2) is 0 Å². The summed E-state index contributed by atoms with van der Waals surface area (Å²) in [5.41, 5.74) is -5.53. The van der Waals surface area contributed by atoms with Gasteiger partial charge in [-0.05, 0) is 0 Å². The Balaban J connectivity index is 0. The summed E-state index contributed by atoms with van der Waals surface area (Å²) in [5, 5.41) is 0. The molecular formula is C7H16F3O3SSi. The molecule has 15 heavy (non-hydrogen) atoms. The average molecular weight is 265 g/mol. The maximum Gasteiger partial charge on any atom is 0.522 e. The summed E-state index contributed by atoms with van der Waals surface area (Å²) < 4.78 is 57.5. The zero-order valence-electron chi connectivity index (χ0n) is 8.93. The second-order valence-corrected chi connectivity index (χ2v) is 7.56. The highest BCUT2D eigenvalue weighted by Crippen LogP contribution is 2.20. The van der Waals surface area contributed by atoms with E-state index in [9.17, 15) is 13.2 Å². The van der Waals surface area contributed by atoms with Gasteiger partial charge in [-0.25, -0.2) is 0 Å². The molecule has 0 aliphatic rings. The van der Waals surface area contributed by atoms with Gasteiger partial charge in [0.1, 0.15) is 0 Å². The van der Waals surface area contributed by atoms with Crippen LogP contribution in [0.15, 0.2) is 0 Å². The first-order chi connectivity index (χ1) is 6.52. The first kappa shape index (κ1) is 17.3. The van der Waals surface area contributed by atoms with Gasteiger partial charge in [-0.2, -0.15) is 21.6 Å². The Labute approximate surface area is 90.0 Å². The van der Waals surface area contributed by atoms with Gasteiger partial charge < -0.3 is 0 Å². The van der Waals surface area contributed by atoms with Crippen LogP contribution in [0.3, 0.4) is 0 Å². The largest absolute Gasteiger partial charge is 0.522 e. The fourth-order valence-corrected chi connectivity index (χ4v) is 1.59. The smallest absolute Gasteiger partial charge is 0.279 e. The quantitative estimate of drug-likeness (QED) is 0.485. The molecule has 0 aromatic carbocycles. The maximum absolute atomic E-state index is 10.7. The van der Waals surface area contributed by atoms with Gasteiger partial charge in [0.2, 0.25) is 0 Å². The van der Waals surface area contributed by atoms with E-state index < -0.39 is 15.6 Å². The van der Waals surface area contributed by atoms with E-state index in [4.69, 9.17) is 13.0 Å². The van der Waals surface area contributed by atoms with E-state index in [0.29, 0.717) is 0 Å². The van der Waals surface area contributed by atoms with Crippen LogP contribution in [-0.2, 0) is 10.1 Å². The Hall–Kier alpha value is -0.0831. The molecule has 0 aromatic rings. The number of rotatable bonds is 3. The molecule has 0 fully saturated rings. The van der Waals surface area contributed by atoms with Crippen LogP contribution < -0.4 is 0 Å². The van der Waals surface area contributed by atoms with E-state index in [-0.39, 0.29) is 8.80 Å². The number of unbranched alkanes of at least 4 members (excludes halogenated alkanes) is 1. The number of alkyl halides is 3. The first-order valence-corrected chi connectivity index (χ1v) is 8.49. The summed E-state index contributed by atoms with van der Waals surface area (Å²) in [4.78, 5) is 0. The molecule has 3 nitrogen and oxygen atoms in total. The summed E-state index contributed by atoms with van der Waals surface area (Å²) in [6, 6.07) is 1.50. The molecule has 0 rings (SSSR count). The molecule has 0 aliphatic heterocycles. The normalized spacial score (nSPS) is 12.3. The summed E-state index contributed by atoms with van der Waals surface area (Å²) in [7, 11) is -5.74. The monoisotopic (exact) mass is 265 g/mol. The Morgan fingerprint density at radius 1 is 1.27 bits per heavy atom. The van der Waals surface area contributed by atoms with Crippen LogP contribution in [0.5, 0.6) is 0 Å². The van der Waals surface area contributed by atoms with Crippen molar-refractivity contribution in [3.8, 4) is 0 Å². The van der Waals surface area contributed by atoms with Gasteiger partial charge >= 0.3 is 15.6 Å². The molecule has 0 aliphatic carbocycles. The summed E-state index contributed by atoms with van der Waals surface area (Å²) in [5.74, 6) is 0. The first-order valence-electron chi connectivity index (χ1n) is 4.35. The van der Waals surface area contributed by atoms with Gasteiger partial charge in [-0.1, -0.05) is 38.9 Å². The molecule has 0 spiro atoms. The molecule has 0 atom stereocenters. The molecule has 0 saturated heterocycles. The molecule has 0 saturated carbocycles. The second-order valence-electron chi connectivity index (χ2n) is 3.23. The molecule has 93 valence electrons. The Morgan fingerprint density at radius 3 is 1.67 bits per heavy atom. The maximum atomic E-state index is 10.7. The minimum absolute atomic E-state index is 0.103. The summed E-state index contributed by atoms with van der Waals surface area (Å²) in [6.45, 7) is 7.01. The zero-order chi connectivity index (χ0) is 12.7. The predicted octanol–water partition coefficient (Wildman–Crippen LogP) is 2.93. The lowest BCUT2D eigenvalue weighted by Crippen LogP contribution is -2.21. The number of hydrogen-bond donors (Lipinski definition) is 1. The molecule has 0 heterocycles. The fourth-order valence-electron chi connectivity index (χ4n) is 0.530. The van der Waals surface area contributed by atoms with Gasteiger partial charge in [-0.3, -0.25) is 4.55 Å². The molecule has 1 N–H and O–H groups in total. The Bertz CT molecular complexity index is 249. The summed E-state index contributed by atoms with van der Waals surface area (Å²) in [6.07, 6.45) is 2.82. The van der Waals surface area contributed by atoms with E-state index in [1.54, 1.807) is 0 Å². The summed E-state index contributed by atoms with van der Waals surface area (Å²) >= 11 is 0. The SMILES string of the molecule is CCCC[Si](C)C.O=S(=O)(O)C(F)(F)F. The van der Waals surface area contributed by atoms with Crippen LogP contribution in [0.1, 0.15) is 19.8 Å². The average Bonchev–Trinajstić information content (AvgIpc) is 1.98. The van der Waals surface area contributed by atoms with Crippen LogP contribution in [0, 0.1) is 0 Å². The van der Waals surface area contributed by atoms with Gasteiger partial charge in [-0.15, -0.1) is 0 Å². The van der Waals surface area contributed by atoms with Crippen molar-refractivity contribution in [1.29, 1.82) is 0 Å². The zero-order valence-corrected chi connectivity index (χ0v) is 10.7. The van der Waals surface area contributed by atoms with Gasteiger partial charge in [0.25, 0.3) is 0 Å². The minimum atomic E-state index is -5.84. The molecule has 0 aromatic heterocycles. The van der Waals surface area contributed by atoms with Crippen LogP contribution in [0.4, 0.5) is 13.2 Å². The Kier molecular flexibility index (Phi) is 8.35. The topological polar surface area (TPSA) is 54.4 Å². The highest BCUT2D eigenvalue weighted by atomic mass is 32.2. The van der Waals surface area contributed by atoms with Crippen molar-refractivity contribution >= 4 is 18.9 Å². The van der Waals surface area contributed by atoms with E-state index in [1.807, 2.05) is 0 Å². The van der Waals surface area contributed by atoms with Gasteiger partial charge in [0.05, 0.1) is 0 Å². The van der Waals surface area contributed by atoms with Crippen LogP contribution in [-0.4, -0.2) is 27.3 Å². The van der Waals surface area contributed by atoms with Gasteiger partial charge in [0, 0.05) is 8.80 Å². The molecular weight excluding hydrogens is 249 g/mol. The van der Waals surface area contributed by atoms with Crippen molar-refractivity contribution in [2.75, 3.05) is 0 Å². The number of hydrogen-bond acceptors (Lipinski definition) is 2. The molecule has 0 unspecified atom stereocenters. The standard InChI is InChI=1S/C6H15Si.CHF3O3S/c1-4-5-6-7(2)3;2-1(3,4)8(5,6)7/h4-6H2,1-3H3;(H,5,6,7). The van der Waals surface area contributed by atoms with Crippen molar-refractivity contribution in [2.45, 2.75) is 44.4 Å². The van der Waals surface area contributed by atoms with Crippen molar-refractivity contribution < 1.29 is 26.1 Å². The minimum Gasteiger partial charge on any atom is -0.279 e. The third kappa shape index (κ3) is 11.8. The van der Waals surface area contributed by atoms with Crippen molar-refractivity contribution in [3.63, 3.8) is 0 Å². The lowest BCUT2D eigenvalue weighted by Gasteiger charge is -1.97. The van der Waals surface area contributed by atoms with E-state index in [2.05, 4.69) is 20.0 Å². The Morgan fingerprint density at radius 2 is 1.60 bits per heavy atom. The van der Waals surface area contributed by atoms with Crippen molar-refractivity contribution in [1.82, 2.24) is 0 Å². The molecule has 8 heteroatoms. The van der Waals surface area contributed by atoms with Crippen LogP contribution in [0.2, 0.25) is 19.1 Å². The highest BCUT2D eigenvalue weighted by molar-refractivity contribution is 7.86. The number of halogens is 3. The second kappa shape index (κ2) is 7.23. The van der Waals surface area contributed by atoms with Crippen molar-refractivity contribution in [3.05, 3.63) is 0 Å². The lowest BCUT2D eigenvalue weighted by atomic mass is 10.4. The lowest BCUT2D eigenvalue weighted by molar-refractivity contribution is -0.0510.